The third-order valence-electron chi connectivity index (χ3n) is 4.33. The fraction of sp³-hybridized carbons (Fsp3) is 0.562. The average Bonchev–Trinajstić information content (AvgIpc) is 2.93. The van der Waals surface area contributed by atoms with E-state index in [0.29, 0.717) is 6.54 Å². The van der Waals surface area contributed by atoms with E-state index in [1.54, 1.807) is 0 Å². The maximum absolute atomic E-state index is 11.1. The predicted octanol–water partition coefficient (Wildman–Crippen LogP) is 2.38. The van der Waals surface area contributed by atoms with Crippen LogP contribution >= 0.6 is 12.4 Å². The zero-order valence-corrected chi connectivity index (χ0v) is 12.9. The normalized spacial score (nSPS) is 21.2. The van der Waals surface area contributed by atoms with E-state index in [-0.39, 0.29) is 18.3 Å². The Labute approximate surface area is 131 Å². The van der Waals surface area contributed by atoms with Crippen molar-refractivity contribution in [2.75, 3.05) is 26.2 Å². The molecule has 1 atom stereocenters. The fourth-order valence-corrected chi connectivity index (χ4v) is 3.14. The maximum atomic E-state index is 11.1. The molecule has 0 aliphatic carbocycles. The van der Waals surface area contributed by atoms with Crippen molar-refractivity contribution in [3.05, 3.63) is 29.3 Å². The molecule has 1 N–H and O–H groups in total. The minimum atomic E-state index is -0.649. The molecule has 2 aliphatic heterocycles. The molecule has 3 rings (SSSR count). The van der Waals surface area contributed by atoms with E-state index in [2.05, 4.69) is 23.1 Å². The van der Waals surface area contributed by atoms with Crippen LogP contribution < -0.4 is 4.74 Å². The van der Waals surface area contributed by atoms with Gasteiger partial charge in [-0.25, -0.2) is 0 Å². The standard InChI is InChI=1S/C16H21NO3.ClH/c18-16(19)14-2-1-7-17(11-14)8-5-12-3-4-15-13(10-12)6-9-20-15;/h3-4,10,14H,1-2,5-9,11H2,(H,18,19);1H. The lowest BCUT2D eigenvalue weighted by atomic mass is 9.97. The number of carbonyl (C=O) groups is 1. The second kappa shape index (κ2) is 7.14. The Morgan fingerprint density at radius 1 is 1.43 bits per heavy atom. The zero-order chi connectivity index (χ0) is 13.9. The Hall–Kier alpha value is -1.26. The molecule has 0 amide bonds. The molecule has 1 aromatic carbocycles. The number of aliphatic carboxylic acids is 1. The van der Waals surface area contributed by atoms with Gasteiger partial charge < -0.3 is 14.7 Å². The molecule has 0 aromatic heterocycles. The van der Waals surface area contributed by atoms with E-state index in [1.807, 2.05) is 0 Å². The largest absolute Gasteiger partial charge is 0.493 e. The number of fused-ring (bicyclic) bond motifs is 1. The molecule has 2 heterocycles. The highest BCUT2D eigenvalue weighted by Gasteiger charge is 2.25. The smallest absolute Gasteiger partial charge is 0.307 e. The summed E-state index contributed by atoms with van der Waals surface area (Å²) in [4.78, 5) is 13.3. The molecule has 2 aliphatic rings. The van der Waals surface area contributed by atoms with E-state index in [4.69, 9.17) is 9.84 Å². The van der Waals surface area contributed by atoms with Crippen LogP contribution in [0, 0.1) is 5.92 Å². The highest BCUT2D eigenvalue weighted by atomic mass is 35.5. The molecule has 1 aromatic rings. The van der Waals surface area contributed by atoms with Crippen molar-refractivity contribution in [3.8, 4) is 5.75 Å². The maximum Gasteiger partial charge on any atom is 0.307 e. The van der Waals surface area contributed by atoms with Gasteiger partial charge >= 0.3 is 5.97 Å². The van der Waals surface area contributed by atoms with Crippen molar-refractivity contribution in [1.29, 1.82) is 0 Å². The van der Waals surface area contributed by atoms with Crippen molar-refractivity contribution >= 4 is 18.4 Å². The summed E-state index contributed by atoms with van der Waals surface area (Å²) in [5.74, 6) is 0.194. The number of halogens is 1. The van der Waals surface area contributed by atoms with E-state index in [0.717, 1.165) is 51.1 Å². The predicted molar refractivity (Wildman–Crippen MR) is 83.4 cm³/mol. The molecular weight excluding hydrogens is 290 g/mol. The van der Waals surface area contributed by atoms with Crippen molar-refractivity contribution in [2.24, 2.45) is 5.92 Å². The molecule has 0 spiro atoms. The van der Waals surface area contributed by atoms with E-state index in [9.17, 15) is 4.79 Å². The SMILES string of the molecule is Cl.O=C(O)C1CCCN(CCc2ccc3c(c2)CCO3)C1. The molecule has 0 radical (unpaired) electrons. The second-order valence-electron chi connectivity index (χ2n) is 5.77. The summed E-state index contributed by atoms with van der Waals surface area (Å²) in [5.41, 5.74) is 2.64. The summed E-state index contributed by atoms with van der Waals surface area (Å²) in [6.07, 6.45) is 3.81. The van der Waals surface area contributed by atoms with Gasteiger partial charge in [0.15, 0.2) is 0 Å². The van der Waals surface area contributed by atoms with Crippen molar-refractivity contribution in [1.82, 2.24) is 4.90 Å². The van der Waals surface area contributed by atoms with Gasteiger partial charge in [-0.3, -0.25) is 4.79 Å². The lowest BCUT2D eigenvalue weighted by Crippen LogP contribution is -2.39. The van der Waals surface area contributed by atoms with Crippen LogP contribution in [-0.2, 0) is 17.6 Å². The monoisotopic (exact) mass is 311 g/mol. The van der Waals surface area contributed by atoms with Crippen LogP contribution in [0.25, 0.3) is 0 Å². The summed E-state index contributed by atoms with van der Waals surface area (Å²) in [6.45, 7) is 3.47. The lowest BCUT2D eigenvalue weighted by Gasteiger charge is -2.30. The highest BCUT2D eigenvalue weighted by molar-refractivity contribution is 5.85. The third kappa shape index (κ3) is 3.89. The van der Waals surface area contributed by atoms with Gasteiger partial charge in [0, 0.05) is 19.5 Å². The molecule has 116 valence electrons. The summed E-state index contributed by atoms with van der Waals surface area (Å²) < 4.78 is 5.51. The Kier molecular flexibility index (Phi) is 5.48. The minimum Gasteiger partial charge on any atom is -0.493 e. The molecule has 1 unspecified atom stereocenters. The van der Waals surface area contributed by atoms with Crippen LogP contribution in [0.1, 0.15) is 24.0 Å². The van der Waals surface area contributed by atoms with Gasteiger partial charge in [0.2, 0.25) is 0 Å². The number of benzene rings is 1. The van der Waals surface area contributed by atoms with Gasteiger partial charge in [0.25, 0.3) is 0 Å². The van der Waals surface area contributed by atoms with Crippen LogP contribution in [0.3, 0.4) is 0 Å². The minimum absolute atomic E-state index is 0. The molecule has 1 fully saturated rings. The fourth-order valence-electron chi connectivity index (χ4n) is 3.14. The van der Waals surface area contributed by atoms with Gasteiger partial charge in [0.1, 0.15) is 5.75 Å². The number of nitrogens with zero attached hydrogens (tertiary/aromatic N) is 1. The first-order valence-corrected chi connectivity index (χ1v) is 7.42. The topological polar surface area (TPSA) is 49.8 Å². The Morgan fingerprint density at radius 2 is 2.29 bits per heavy atom. The highest BCUT2D eigenvalue weighted by Crippen LogP contribution is 2.26. The van der Waals surface area contributed by atoms with Crippen LogP contribution in [0.5, 0.6) is 5.75 Å². The van der Waals surface area contributed by atoms with Crippen molar-refractivity contribution < 1.29 is 14.6 Å². The second-order valence-corrected chi connectivity index (χ2v) is 5.77. The first kappa shape index (κ1) is 16.1. The zero-order valence-electron chi connectivity index (χ0n) is 12.1. The molecular formula is C16H22ClNO3. The van der Waals surface area contributed by atoms with Gasteiger partial charge in [-0.05, 0) is 43.0 Å². The van der Waals surface area contributed by atoms with Crippen LogP contribution in [0.2, 0.25) is 0 Å². The number of carboxylic acids is 1. The number of rotatable bonds is 4. The lowest BCUT2D eigenvalue weighted by molar-refractivity contribution is -0.143. The number of ether oxygens (including phenoxy) is 1. The summed E-state index contributed by atoms with van der Waals surface area (Å²) in [6, 6.07) is 6.43. The third-order valence-corrected chi connectivity index (χ3v) is 4.33. The number of carboxylic acid groups (broad SMARTS) is 1. The molecule has 1 saturated heterocycles. The number of hydrogen-bond acceptors (Lipinski definition) is 3. The first-order chi connectivity index (χ1) is 9.72. The van der Waals surface area contributed by atoms with Gasteiger partial charge in [-0.1, -0.05) is 12.1 Å². The molecule has 21 heavy (non-hydrogen) atoms. The number of hydrogen-bond donors (Lipinski definition) is 1. The Bertz CT molecular complexity index is 506. The van der Waals surface area contributed by atoms with Gasteiger partial charge in [-0.2, -0.15) is 0 Å². The molecule has 5 heteroatoms. The van der Waals surface area contributed by atoms with Crippen molar-refractivity contribution in [2.45, 2.75) is 25.7 Å². The van der Waals surface area contributed by atoms with Crippen LogP contribution in [-0.4, -0.2) is 42.2 Å². The molecule has 0 bridgehead atoms. The molecule has 4 nitrogen and oxygen atoms in total. The summed E-state index contributed by atoms with van der Waals surface area (Å²) in [7, 11) is 0. The molecule has 0 saturated carbocycles. The van der Waals surface area contributed by atoms with E-state index < -0.39 is 5.97 Å². The van der Waals surface area contributed by atoms with Gasteiger partial charge in [0.05, 0.1) is 12.5 Å². The first-order valence-electron chi connectivity index (χ1n) is 7.42. The summed E-state index contributed by atoms with van der Waals surface area (Å²) in [5, 5.41) is 9.11. The number of likely N-dealkylation sites (tertiary alicyclic amines) is 1. The van der Waals surface area contributed by atoms with Crippen LogP contribution in [0.4, 0.5) is 0 Å². The van der Waals surface area contributed by atoms with E-state index >= 15 is 0 Å². The van der Waals surface area contributed by atoms with E-state index in [1.165, 1.54) is 11.1 Å². The Balaban J connectivity index is 0.00000161. The Morgan fingerprint density at radius 3 is 3.10 bits per heavy atom. The van der Waals surface area contributed by atoms with Gasteiger partial charge in [-0.15, -0.1) is 12.4 Å². The summed E-state index contributed by atoms with van der Waals surface area (Å²) >= 11 is 0. The average molecular weight is 312 g/mol. The quantitative estimate of drug-likeness (QED) is 0.927. The van der Waals surface area contributed by atoms with Crippen molar-refractivity contribution in [3.63, 3.8) is 0 Å². The van der Waals surface area contributed by atoms with Crippen LogP contribution in [0.15, 0.2) is 18.2 Å². The number of piperidine rings is 1.